The molecule has 0 aliphatic heterocycles. The Balaban J connectivity index is 2.79. The second kappa shape index (κ2) is 10.0. The van der Waals surface area contributed by atoms with E-state index in [4.69, 9.17) is 18.6 Å². The zero-order valence-electron chi connectivity index (χ0n) is 21.8. The van der Waals surface area contributed by atoms with Gasteiger partial charge >= 0.3 is 5.97 Å². The lowest BCUT2D eigenvalue weighted by Crippen LogP contribution is -2.42. The van der Waals surface area contributed by atoms with Crippen LogP contribution in [0, 0.1) is 0 Å². The number of carbonyl (C=O) groups is 1. The summed E-state index contributed by atoms with van der Waals surface area (Å²) in [5.41, 5.74) is -0.0904. The van der Waals surface area contributed by atoms with Crippen molar-refractivity contribution >= 4 is 25.1 Å². The minimum absolute atomic E-state index is 0.0145. The number of carbonyl (C=O) groups excluding carboxylic acids is 1. The number of aliphatic hydroxyl groups is 1. The highest BCUT2D eigenvalue weighted by molar-refractivity contribution is 6.74. The van der Waals surface area contributed by atoms with Gasteiger partial charge < -0.3 is 23.7 Å². The van der Waals surface area contributed by atoms with Gasteiger partial charge in [-0.15, -0.1) is 0 Å². The van der Waals surface area contributed by atoms with Crippen molar-refractivity contribution in [2.45, 2.75) is 84.2 Å². The molecule has 184 valence electrons. The van der Waals surface area contributed by atoms with Crippen molar-refractivity contribution in [2.24, 2.45) is 0 Å². The normalized spacial score (nSPS) is 13.7. The van der Waals surface area contributed by atoms with Crippen molar-refractivity contribution < 1.29 is 28.5 Å². The summed E-state index contributed by atoms with van der Waals surface area (Å²) < 4.78 is 23.8. The summed E-state index contributed by atoms with van der Waals surface area (Å²) >= 11 is 0. The largest absolute Gasteiger partial charge is 0.496 e. The van der Waals surface area contributed by atoms with Gasteiger partial charge in [0.15, 0.2) is 8.32 Å². The van der Waals surface area contributed by atoms with E-state index in [0.29, 0.717) is 35.5 Å². The fraction of sp³-hybridized carbons (Fsp3) is 0.577. The van der Waals surface area contributed by atoms with E-state index >= 15 is 0 Å². The van der Waals surface area contributed by atoms with Gasteiger partial charge in [-0.05, 0) is 63.0 Å². The number of benzene rings is 2. The molecule has 0 heterocycles. The van der Waals surface area contributed by atoms with Gasteiger partial charge in [0, 0.05) is 17.9 Å². The summed E-state index contributed by atoms with van der Waals surface area (Å²) in [6.45, 7) is 15.9. The summed E-state index contributed by atoms with van der Waals surface area (Å²) in [6, 6.07) is 7.52. The average molecular weight is 477 g/mol. The molecule has 1 atom stereocenters. The van der Waals surface area contributed by atoms with Crippen molar-refractivity contribution in [2.75, 3.05) is 14.2 Å². The van der Waals surface area contributed by atoms with Crippen molar-refractivity contribution in [3.8, 4) is 17.2 Å². The molecule has 0 fully saturated rings. The van der Waals surface area contributed by atoms with Crippen LogP contribution in [0.25, 0.3) is 10.8 Å². The molecule has 7 heteroatoms. The standard InChI is InChI=1S/C26H40O6Si/c1-17(27)31-24-19(12-11-18-20(29-7)13-14-22(30-8)23(18)24)21(15-16-26(5,6)28)32-33(9,10)25(2,3)4/h11-14,21,28H,15-16H2,1-10H3/t21-/m0/s1. The Kier molecular flexibility index (Phi) is 8.26. The second-order valence-electron chi connectivity index (χ2n) is 10.7. The Hall–Kier alpha value is -2.09. The Bertz CT molecular complexity index is 985. The van der Waals surface area contributed by atoms with Crippen LogP contribution in [0.1, 0.15) is 66.1 Å². The Morgan fingerprint density at radius 3 is 2.06 bits per heavy atom. The van der Waals surface area contributed by atoms with Crippen LogP contribution >= 0.6 is 0 Å². The molecule has 33 heavy (non-hydrogen) atoms. The Labute approximate surface area is 199 Å². The first-order valence-electron chi connectivity index (χ1n) is 11.4. The first kappa shape index (κ1) is 27.2. The van der Waals surface area contributed by atoms with Crippen LogP contribution in [-0.2, 0) is 9.22 Å². The van der Waals surface area contributed by atoms with E-state index in [2.05, 4.69) is 33.9 Å². The first-order valence-corrected chi connectivity index (χ1v) is 14.3. The van der Waals surface area contributed by atoms with Gasteiger partial charge in [-0.2, -0.15) is 0 Å². The van der Waals surface area contributed by atoms with E-state index in [1.54, 1.807) is 34.1 Å². The molecule has 1 N–H and O–H groups in total. The summed E-state index contributed by atoms with van der Waals surface area (Å²) in [6.07, 6.45) is 0.730. The molecule has 0 saturated carbocycles. The fourth-order valence-electron chi connectivity index (χ4n) is 3.52. The lowest BCUT2D eigenvalue weighted by Gasteiger charge is -2.40. The van der Waals surface area contributed by atoms with Crippen molar-refractivity contribution in [1.29, 1.82) is 0 Å². The quantitative estimate of drug-likeness (QED) is 0.257. The van der Waals surface area contributed by atoms with E-state index < -0.39 is 19.9 Å². The van der Waals surface area contributed by atoms with E-state index in [0.717, 1.165) is 10.9 Å². The molecular formula is C26H40O6Si. The molecular weight excluding hydrogens is 436 g/mol. The zero-order chi connectivity index (χ0) is 25.2. The highest BCUT2D eigenvalue weighted by Crippen LogP contribution is 2.47. The molecule has 0 radical (unpaired) electrons. The number of hydrogen-bond donors (Lipinski definition) is 1. The number of methoxy groups -OCH3 is 2. The van der Waals surface area contributed by atoms with Crippen LogP contribution in [0.2, 0.25) is 18.1 Å². The van der Waals surface area contributed by atoms with Crippen LogP contribution in [0.15, 0.2) is 24.3 Å². The molecule has 6 nitrogen and oxygen atoms in total. The number of esters is 1. The lowest BCUT2D eigenvalue weighted by atomic mass is 9.94. The van der Waals surface area contributed by atoms with E-state index in [9.17, 15) is 9.90 Å². The smallest absolute Gasteiger partial charge is 0.308 e. The maximum absolute atomic E-state index is 12.2. The molecule has 2 rings (SSSR count). The third-order valence-corrected chi connectivity index (χ3v) is 10.9. The van der Waals surface area contributed by atoms with E-state index in [1.165, 1.54) is 6.92 Å². The van der Waals surface area contributed by atoms with E-state index in [-0.39, 0.29) is 11.1 Å². The third-order valence-electron chi connectivity index (χ3n) is 6.38. The number of hydrogen-bond acceptors (Lipinski definition) is 6. The van der Waals surface area contributed by atoms with Gasteiger partial charge in [-0.1, -0.05) is 26.8 Å². The summed E-state index contributed by atoms with van der Waals surface area (Å²) in [7, 11) is 0.996. The van der Waals surface area contributed by atoms with Crippen LogP contribution in [0.3, 0.4) is 0 Å². The molecule has 0 spiro atoms. The van der Waals surface area contributed by atoms with Crippen LogP contribution in [-0.4, -0.2) is 39.2 Å². The minimum atomic E-state index is -2.20. The van der Waals surface area contributed by atoms with Crippen LogP contribution in [0.5, 0.6) is 17.2 Å². The SMILES string of the molecule is COc1ccc(OC)c2c(OC(C)=O)c([C@H](CCC(C)(C)O)O[Si](C)(C)C(C)(C)C)ccc12. The highest BCUT2D eigenvalue weighted by atomic mass is 28.4. The maximum atomic E-state index is 12.2. The molecule has 2 aromatic rings. The van der Waals surface area contributed by atoms with Gasteiger partial charge in [0.1, 0.15) is 17.2 Å². The van der Waals surface area contributed by atoms with Crippen molar-refractivity contribution in [3.05, 3.63) is 29.8 Å². The fourth-order valence-corrected chi connectivity index (χ4v) is 4.83. The van der Waals surface area contributed by atoms with Gasteiger partial charge in [0.2, 0.25) is 0 Å². The van der Waals surface area contributed by atoms with Gasteiger partial charge in [0.25, 0.3) is 0 Å². The molecule has 0 bridgehead atoms. The highest BCUT2D eigenvalue weighted by Gasteiger charge is 2.40. The maximum Gasteiger partial charge on any atom is 0.308 e. The second-order valence-corrected chi connectivity index (χ2v) is 15.4. The minimum Gasteiger partial charge on any atom is -0.496 e. The number of rotatable bonds is 9. The predicted molar refractivity (Wildman–Crippen MR) is 135 cm³/mol. The Morgan fingerprint density at radius 1 is 1.00 bits per heavy atom. The molecule has 0 aliphatic carbocycles. The topological polar surface area (TPSA) is 74.2 Å². The van der Waals surface area contributed by atoms with Crippen molar-refractivity contribution in [3.63, 3.8) is 0 Å². The first-order chi connectivity index (χ1) is 15.1. The predicted octanol–water partition coefficient (Wildman–Crippen LogP) is 6.40. The molecule has 0 saturated heterocycles. The zero-order valence-corrected chi connectivity index (χ0v) is 22.8. The molecule has 0 unspecified atom stereocenters. The Morgan fingerprint density at radius 2 is 1.58 bits per heavy atom. The molecule has 0 aromatic heterocycles. The molecule has 0 amide bonds. The van der Waals surface area contributed by atoms with Gasteiger partial charge in [-0.3, -0.25) is 4.79 Å². The van der Waals surface area contributed by atoms with E-state index in [1.807, 2.05) is 18.2 Å². The number of ether oxygens (including phenoxy) is 3. The molecule has 0 aliphatic rings. The average Bonchev–Trinajstić information content (AvgIpc) is 2.68. The number of fused-ring (bicyclic) bond motifs is 1. The van der Waals surface area contributed by atoms with Gasteiger partial charge in [-0.25, -0.2) is 0 Å². The third kappa shape index (κ3) is 6.49. The summed E-state index contributed by atoms with van der Waals surface area (Å²) in [5, 5.41) is 11.9. The lowest BCUT2D eigenvalue weighted by molar-refractivity contribution is -0.131. The summed E-state index contributed by atoms with van der Waals surface area (Å²) in [5.74, 6) is 1.22. The van der Waals surface area contributed by atoms with Crippen LogP contribution < -0.4 is 14.2 Å². The monoisotopic (exact) mass is 476 g/mol. The summed E-state index contributed by atoms with van der Waals surface area (Å²) in [4.78, 5) is 12.2. The van der Waals surface area contributed by atoms with Crippen molar-refractivity contribution in [1.82, 2.24) is 0 Å². The van der Waals surface area contributed by atoms with Gasteiger partial charge in [0.05, 0.1) is 31.3 Å². The van der Waals surface area contributed by atoms with Crippen LogP contribution in [0.4, 0.5) is 0 Å². The molecule has 2 aromatic carbocycles.